The minimum atomic E-state index is -0.106. The molecule has 0 aromatic heterocycles. The zero-order valence-corrected chi connectivity index (χ0v) is 11.0. The Hall–Kier alpha value is -0.770. The van der Waals surface area contributed by atoms with Crippen LogP contribution in [0.15, 0.2) is 0 Å². The lowest BCUT2D eigenvalue weighted by Gasteiger charge is -2.45. The Morgan fingerprint density at radius 3 is 2.41 bits per heavy atom. The Kier molecular flexibility index (Phi) is 3.61. The summed E-state index contributed by atoms with van der Waals surface area (Å²) in [4.78, 5) is 14.0. The van der Waals surface area contributed by atoms with Gasteiger partial charge in [-0.3, -0.25) is 0 Å². The van der Waals surface area contributed by atoms with Gasteiger partial charge in [-0.25, -0.2) is 4.79 Å². The number of likely N-dealkylation sites (N-methyl/N-ethyl adjacent to an activating group) is 1. The van der Waals surface area contributed by atoms with E-state index in [0.29, 0.717) is 12.6 Å². The fraction of sp³-hybridized carbons (Fsp3) is 0.923. The molecule has 0 aliphatic heterocycles. The van der Waals surface area contributed by atoms with Crippen LogP contribution in [0.2, 0.25) is 0 Å². The smallest absolute Gasteiger partial charge is 0.317 e. The topological polar surface area (TPSA) is 58.4 Å². The zero-order chi connectivity index (χ0) is 12.5. The van der Waals surface area contributed by atoms with Crippen molar-refractivity contribution in [2.45, 2.75) is 57.0 Å². The molecule has 0 radical (unpaired) electrons. The van der Waals surface area contributed by atoms with E-state index in [1.165, 1.54) is 12.8 Å². The van der Waals surface area contributed by atoms with E-state index in [-0.39, 0.29) is 11.6 Å². The van der Waals surface area contributed by atoms with Crippen molar-refractivity contribution in [1.29, 1.82) is 0 Å². The summed E-state index contributed by atoms with van der Waals surface area (Å²) in [7, 11) is 1.90. The van der Waals surface area contributed by atoms with Gasteiger partial charge in [-0.15, -0.1) is 0 Å². The Bertz CT molecular complexity index is 280. The Morgan fingerprint density at radius 1 is 1.35 bits per heavy atom. The molecule has 0 aromatic carbocycles. The molecular formula is C13H25N3O. The quantitative estimate of drug-likeness (QED) is 0.787. The predicted molar refractivity (Wildman–Crippen MR) is 68.7 cm³/mol. The van der Waals surface area contributed by atoms with Gasteiger partial charge in [0.1, 0.15) is 0 Å². The number of urea groups is 1. The van der Waals surface area contributed by atoms with Crippen molar-refractivity contribution in [3.05, 3.63) is 0 Å². The van der Waals surface area contributed by atoms with Crippen LogP contribution in [0.4, 0.5) is 4.79 Å². The molecule has 4 nitrogen and oxygen atoms in total. The molecule has 0 heterocycles. The van der Waals surface area contributed by atoms with Crippen LogP contribution in [-0.2, 0) is 0 Å². The normalized spacial score (nSPS) is 33.2. The van der Waals surface area contributed by atoms with Crippen LogP contribution in [-0.4, -0.2) is 36.1 Å². The lowest BCUT2D eigenvalue weighted by Crippen LogP contribution is -2.58. The maximum Gasteiger partial charge on any atom is 0.317 e. The van der Waals surface area contributed by atoms with Gasteiger partial charge in [-0.05, 0) is 44.4 Å². The minimum absolute atomic E-state index is 0.0625. The number of nitrogens with one attached hydrogen (secondary N) is 1. The van der Waals surface area contributed by atoms with Gasteiger partial charge in [0.05, 0.1) is 5.54 Å². The van der Waals surface area contributed by atoms with Gasteiger partial charge >= 0.3 is 6.03 Å². The molecule has 2 amide bonds. The first-order valence-electron chi connectivity index (χ1n) is 6.82. The molecule has 0 unspecified atom stereocenters. The van der Waals surface area contributed by atoms with Gasteiger partial charge < -0.3 is 16.0 Å². The second-order valence-corrected chi connectivity index (χ2v) is 5.89. The summed E-state index contributed by atoms with van der Waals surface area (Å²) in [6, 6.07) is 0.481. The fourth-order valence-electron chi connectivity index (χ4n) is 2.69. The van der Waals surface area contributed by atoms with Crippen LogP contribution in [0.5, 0.6) is 0 Å². The van der Waals surface area contributed by atoms with E-state index in [2.05, 4.69) is 12.2 Å². The number of rotatable bonds is 3. The number of nitrogens with zero attached hydrogens (tertiary/aromatic N) is 1. The van der Waals surface area contributed by atoms with E-state index in [0.717, 1.165) is 31.6 Å². The fourth-order valence-corrected chi connectivity index (χ4v) is 2.69. The van der Waals surface area contributed by atoms with Crippen LogP contribution >= 0.6 is 0 Å². The highest BCUT2D eigenvalue weighted by Crippen LogP contribution is 2.35. The average molecular weight is 239 g/mol. The van der Waals surface area contributed by atoms with Gasteiger partial charge in [0.2, 0.25) is 0 Å². The Labute approximate surface area is 104 Å². The summed E-state index contributed by atoms with van der Waals surface area (Å²) >= 11 is 0. The minimum Gasteiger partial charge on any atom is -0.335 e. The summed E-state index contributed by atoms with van der Waals surface area (Å²) in [5, 5.41) is 3.05. The van der Waals surface area contributed by atoms with Crippen LogP contribution in [0, 0.1) is 5.92 Å². The zero-order valence-electron chi connectivity index (χ0n) is 11.0. The van der Waals surface area contributed by atoms with Crippen molar-refractivity contribution >= 4 is 6.03 Å². The molecule has 0 aromatic rings. The first kappa shape index (κ1) is 12.7. The molecule has 98 valence electrons. The monoisotopic (exact) mass is 239 g/mol. The third kappa shape index (κ3) is 2.73. The third-order valence-electron chi connectivity index (χ3n) is 4.51. The van der Waals surface area contributed by atoms with Gasteiger partial charge in [0, 0.05) is 19.6 Å². The highest BCUT2D eigenvalue weighted by atomic mass is 16.2. The molecule has 0 bridgehead atoms. The third-order valence-corrected chi connectivity index (χ3v) is 4.51. The molecule has 2 aliphatic carbocycles. The van der Waals surface area contributed by atoms with E-state index in [1.54, 1.807) is 0 Å². The van der Waals surface area contributed by atoms with E-state index in [4.69, 9.17) is 5.73 Å². The molecule has 2 saturated carbocycles. The number of nitrogens with two attached hydrogens (primary N) is 1. The molecule has 0 spiro atoms. The van der Waals surface area contributed by atoms with Gasteiger partial charge in [0.25, 0.3) is 0 Å². The first-order valence-corrected chi connectivity index (χ1v) is 6.82. The van der Waals surface area contributed by atoms with Crippen molar-refractivity contribution in [1.82, 2.24) is 10.2 Å². The molecule has 2 aliphatic rings. The van der Waals surface area contributed by atoms with Gasteiger partial charge in [-0.1, -0.05) is 6.92 Å². The van der Waals surface area contributed by atoms with E-state index < -0.39 is 0 Å². The van der Waals surface area contributed by atoms with E-state index in [9.17, 15) is 4.79 Å². The number of carbonyl (C=O) groups excluding carboxylic acids is 1. The highest BCUT2D eigenvalue weighted by Gasteiger charge is 2.40. The first-order chi connectivity index (χ1) is 8.07. The van der Waals surface area contributed by atoms with E-state index >= 15 is 0 Å². The molecule has 0 saturated heterocycles. The van der Waals surface area contributed by atoms with Crippen LogP contribution in [0.3, 0.4) is 0 Å². The summed E-state index contributed by atoms with van der Waals surface area (Å²) < 4.78 is 0. The van der Waals surface area contributed by atoms with Crippen molar-refractivity contribution < 1.29 is 4.79 Å². The van der Waals surface area contributed by atoms with E-state index in [1.807, 2.05) is 11.9 Å². The molecule has 2 rings (SSSR count). The van der Waals surface area contributed by atoms with Crippen LogP contribution < -0.4 is 11.1 Å². The van der Waals surface area contributed by atoms with Crippen LogP contribution in [0.25, 0.3) is 0 Å². The second kappa shape index (κ2) is 4.84. The van der Waals surface area contributed by atoms with Gasteiger partial charge in [0.15, 0.2) is 0 Å². The van der Waals surface area contributed by atoms with Crippen LogP contribution in [0.1, 0.15) is 45.4 Å². The van der Waals surface area contributed by atoms with Crippen molar-refractivity contribution in [2.24, 2.45) is 11.7 Å². The highest BCUT2D eigenvalue weighted by molar-refractivity contribution is 5.75. The molecule has 17 heavy (non-hydrogen) atoms. The summed E-state index contributed by atoms with van der Waals surface area (Å²) in [5.74, 6) is 0.773. The molecule has 4 heteroatoms. The Morgan fingerprint density at radius 2 is 1.94 bits per heavy atom. The average Bonchev–Trinajstić information content (AvgIpc) is 3.13. The molecule has 2 fully saturated rings. The maximum atomic E-state index is 12.1. The molecule has 3 N–H and O–H groups in total. The second-order valence-electron chi connectivity index (χ2n) is 5.89. The lowest BCUT2D eigenvalue weighted by molar-refractivity contribution is 0.0898. The van der Waals surface area contributed by atoms with Gasteiger partial charge in [-0.2, -0.15) is 0 Å². The Balaban J connectivity index is 1.97. The van der Waals surface area contributed by atoms with Crippen molar-refractivity contribution in [2.75, 3.05) is 13.6 Å². The SMILES string of the molecule is CC1CCC(CN)(N(C)C(=O)NC2CC2)CC1. The summed E-state index contributed by atoms with van der Waals surface area (Å²) in [6.45, 7) is 2.86. The van der Waals surface area contributed by atoms with Crippen molar-refractivity contribution in [3.8, 4) is 0 Å². The lowest BCUT2D eigenvalue weighted by atomic mass is 9.76. The summed E-state index contributed by atoms with van der Waals surface area (Å²) in [6.07, 6.45) is 6.70. The maximum absolute atomic E-state index is 12.1. The standard InChI is InChI=1S/C13H25N3O/c1-10-5-7-13(9-14,8-6-10)16(2)12(17)15-11-3-4-11/h10-11H,3-9,14H2,1-2H3,(H,15,17). The predicted octanol–water partition coefficient (Wildman–Crippen LogP) is 1.70. The largest absolute Gasteiger partial charge is 0.335 e. The number of carbonyl (C=O) groups is 1. The molecule has 0 atom stereocenters. The summed E-state index contributed by atoms with van der Waals surface area (Å²) in [5.41, 5.74) is 5.84. The number of hydrogen-bond acceptors (Lipinski definition) is 2. The number of hydrogen-bond donors (Lipinski definition) is 2. The number of amides is 2. The van der Waals surface area contributed by atoms with Crippen molar-refractivity contribution in [3.63, 3.8) is 0 Å². The molecular weight excluding hydrogens is 214 g/mol.